The van der Waals surface area contributed by atoms with Gasteiger partial charge in [0.2, 0.25) is 5.91 Å². The van der Waals surface area contributed by atoms with Crippen LogP contribution in [0, 0.1) is 11.8 Å². The Morgan fingerprint density at radius 1 is 1.33 bits per heavy atom. The molecule has 0 unspecified atom stereocenters. The number of hydrogen-bond donors (Lipinski definition) is 2. The van der Waals surface area contributed by atoms with E-state index >= 15 is 0 Å². The average molecular weight is 371 g/mol. The Morgan fingerprint density at radius 2 is 2.11 bits per heavy atom. The average Bonchev–Trinajstić information content (AvgIpc) is 3.11. The van der Waals surface area contributed by atoms with Crippen LogP contribution in [0.1, 0.15) is 32.4 Å². The van der Waals surface area contributed by atoms with Gasteiger partial charge in [-0.3, -0.25) is 4.79 Å². The molecule has 6 heteroatoms. The largest absolute Gasteiger partial charge is 0.497 e. The van der Waals surface area contributed by atoms with Crippen molar-refractivity contribution in [1.29, 1.82) is 0 Å². The number of benzene rings is 1. The van der Waals surface area contributed by atoms with Gasteiger partial charge in [0.05, 0.1) is 12.8 Å². The highest BCUT2D eigenvalue weighted by molar-refractivity contribution is 5.76. The lowest BCUT2D eigenvalue weighted by atomic mass is 9.81. The van der Waals surface area contributed by atoms with Gasteiger partial charge in [0, 0.05) is 24.1 Å². The number of amides is 1. The third-order valence-electron chi connectivity index (χ3n) is 5.07. The van der Waals surface area contributed by atoms with E-state index in [9.17, 15) is 4.79 Å². The van der Waals surface area contributed by atoms with Crippen LogP contribution in [0.3, 0.4) is 0 Å². The number of aromatic nitrogens is 1. The summed E-state index contributed by atoms with van der Waals surface area (Å²) in [6.07, 6.45) is 2.40. The minimum absolute atomic E-state index is 0.140. The Balaban J connectivity index is 1.64. The zero-order chi connectivity index (χ0) is 19.2. The molecule has 0 radical (unpaired) electrons. The second-order valence-electron chi connectivity index (χ2n) is 7.55. The highest BCUT2D eigenvalue weighted by Crippen LogP contribution is 2.28. The van der Waals surface area contributed by atoms with Crippen molar-refractivity contribution in [3.8, 4) is 17.1 Å². The van der Waals surface area contributed by atoms with E-state index in [0.717, 1.165) is 48.7 Å². The van der Waals surface area contributed by atoms with E-state index in [1.807, 2.05) is 44.2 Å². The van der Waals surface area contributed by atoms with Crippen LogP contribution in [-0.4, -0.2) is 37.3 Å². The second-order valence-corrected chi connectivity index (χ2v) is 7.55. The van der Waals surface area contributed by atoms with E-state index in [2.05, 4.69) is 15.8 Å². The zero-order valence-electron chi connectivity index (χ0n) is 16.3. The Morgan fingerprint density at radius 3 is 2.81 bits per heavy atom. The summed E-state index contributed by atoms with van der Waals surface area (Å²) < 4.78 is 10.7. The van der Waals surface area contributed by atoms with Gasteiger partial charge < -0.3 is 19.9 Å². The summed E-state index contributed by atoms with van der Waals surface area (Å²) in [5.74, 6) is 2.46. The Labute approximate surface area is 160 Å². The maximum Gasteiger partial charge on any atom is 0.220 e. The molecule has 27 heavy (non-hydrogen) atoms. The molecule has 0 saturated carbocycles. The molecule has 1 aliphatic heterocycles. The molecule has 3 rings (SSSR count). The van der Waals surface area contributed by atoms with Crippen molar-refractivity contribution in [2.45, 2.75) is 39.2 Å². The smallest absolute Gasteiger partial charge is 0.220 e. The molecule has 1 saturated heterocycles. The van der Waals surface area contributed by atoms with Gasteiger partial charge in [0.15, 0.2) is 5.76 Å². The molecule has 1 aromatic carbocycles. The SMILES string of the molecule is COc1ccc(-c2cc(C[C@H]3CNCC[C@@H]3CC(=O)NC(C)C)no2)cc1. The number of nitrogens with zero attached hydrogens (tertiary/aromatic N) is 1. The van der Waals surface area contributed by atoms with Crippen LogP contribution in [0.15, 0.2) is 34.9 Å². The Bertz CT molecular complexity index is 739. The number of piperidine rings is 1. The number of ether oxygens (including phenoxy) is 1. The van der Waals surface area contributed by atoms with Crippen LogP contribution in [-0.2, 0) is 11.2 Å². The number of hydrogen-bond acceptors (Lipinski definition) is 5. The van der Waals surface area contributed by atoms with Crippen molar-refractivity contribution in [2.75, 3.05) is 20.2 Å². The summed E-state index contributed by atoms with van der Waals surface area (Å²) in [6.45, 7) is 5.86. The van der Waals surface area contributed by atoms with Gasteiger partial charge in [-0.05, 0) is 75.9 Å². The molecular formula is C21H29N3O3. The minimum atomic E-state index is 0.140. The molecule has 2 N–H and O–H groups in total. The van der Waals surface area contributed by atoms with Crippen molar-refractivity contribution in [3.05, 3.63) is 36.0 Å². The first-order valence-electron chi connectivity index (χ1n) is 9.65. The van der Waals surface area contributed by atoms with E-state index in [1.165, 1.54) is 0 Å². The number of rotatable bonds is 7. The highest BCUT2D eigenvalue weighted by Gasteiger charge is 2.28. The Hall–Kier alpha value is -2.34. The lowest BCUT2D eigenvalue weighted by Gasteiger charge is -2.31. The van der Waals surface area contributed by atoms with E-state index in [4.69, 9.17) is 9.26 Å². The van der Waals surface area contributed by atoms with Gasteiger partial charge in [0.1, 0.15) is 5.75 Å². The molecular weight excluding hydrogens is 342 g/mol. The molecule has 6 nitrogen and oxygen atoms in total. The molecule has 1 aliphatic rings. The Kier molecular flexibility index (Phi) is 6.50. The molecule has 1 aromatic heterocycles. The van der Waals surface area contributed by atoms with Crippen molar-refractivity contribution in [1.82, 2.24) is 15.8 Å². The third kappa shape index (κ3) is 5.32. The summed E-state index contributed by atoms with van der Waals surface area (Å²) in [5.41, 5.74) is 1.91. The van der Waals surface area contributed by atoms with Crippen LogP contribution in [0.25, 0.3) is 11.3 Å². The molecule has 2 heterocycles. The summed E-state index contributed by atoms with van der Waals surface area (Å²) in [6, 6.07) is 9.93. The first-order valence-corrected chi connectivity index (χ1v) is 9.65. The highest BCUT2D eigenvalue weighted by atomic mass is 16.5. The van der Waals surface area contributed by atoms with Crippen LogP contribution >= 0.6 is 0 Å². The van der Waals surface area contributed by atoms with E-state index < -0.39 is 0 Å². The predicted molar refractivity (Wildman–Crippen MR) is 105 cm³/mol. The predicted octanol–water partition coefficient (Wildman–Crippen LogP) is 3.03. The first-order chi connectivity index (χ1) is 13.0. The van der Waals surface area contributed by atoms with Gasteiger partial charge in [-0.1, -0.05) is 5.16 Å². The summed E-state index contributed by atoms with van der Waals surface area (Å²) in [5, 5.41) is 10.7. The molecule has 0 aliphatic carbocycles. The molecule has 0 bridgehead atoms. The lowest BCUT2D eigenvalue weighted by Crippen LogP contribution is -2.41. The van der Waals surface area contributed by atoms with Crippen LogP contribution in [0.2, 0.25) is 0 Å². The zero-order valence-corrected chi connectivity index (χ0v) is 16.3. The molecule has 2 atom stereocenters. The van der Waals surface area contributed by atoms with Gasteiger partial charge >= 0.3 is 0 Å². The fraction of sp³-hybridized carbons (Fsp3) is 0.524. The maximum atomic E-state index is 12.2. The summed E-state index contributed by atoms with van der Waals surface area (Å²) >= 11 is 0. The van der Waals surface area contributed by atoms with Gasteiger partial charge in [-0.15, -0.1) is 0 Å². The number of carbonyl (C=O) groups is 1. The van der Waals surface area contributed by atoms with Crippen molar-refractivity contribution in [2.24, 2.45) is 11.8 Å². The normalized spacial score (nSPS) is 19.9. The fourth-order valence-electron chi connectivity index (χ4n) is 3.67. The molecule has 2 aromatic rings. The fourth-order valence-corrected chi connectivity index (χ4v) is 3.67. The number of carbonyl (C=O) groups excluding carboxylic acids is 1. The summed E-state index contributed by atoms with van der Waals surface area (Å²) in [4.78, 5) is 12.2. The van der Waals surface area contributed by atoms with Gasteiger partial charge in [-0.25, -0.2) is 0 Å². The van der Waals surface area contributed by atoms with Crippen LogP contribution in [0.5, 0.6) is 5.75 Å². The first kappa shape index (κ1) is 19.4. The van der Waals surface area contributed by atoms with Gasteiger partial charge in [-0.2, -0.15) is 0 Å². The molecule has 0 spiro atoms. The maximum absolute atomic E-state index is 12.2. The van der Waals surface area contributed by atoms with E-state index in [0.29, 0.717) is 18.3 Å². The minimum Gasteiger partial charge on any atom is -0.497 e. The quantitative estimate of drug-likeness (QED) is 0.782. The van der Waals surface area contributed by atoms with Crippen molar-refractivity contribution >= 4 is 5.91 Å². The van der Waals surface area contributed by atoms with Crippen molar-refractivity contribution in [3.63, 3.8) is 0 Å². The van der Waals surface area contributed by atoms with Crippen LogP contribution < -0.4 is 15.4 Å². The molecule has 146 valence electrons. The monoisotopic (exact) mass is 371 g/mol. The molecule has 1 fully saturated rings. The van der Waals surface area contributed by atoms with Crippen LogP contribution in [0.4, 0.5) is 0 Å². The standard InChI is InChI=1S/C21H29N3O3/c1-14(2)23-21(25)11-16-8-9-22-13-17(16)10-18-12-20(27-24-18)15-4-6-19(26-3)7-5-15/h4-7,12,14,16-17,22H,8-11,13H2,1-3H3,(H,23,25)/t16-,17+/m1/s1. The van der Waals surface area contributed by atoms with E-state index in [-0.39, 0.29) is 11.9 Å². The lowest BCUT2D eigenvalue weighted by molar-refractivity contribution is -0.123. The third-order valence-corrected chi connectivity index (χ3v) is 5.07. The number of nitrogens with one attached hydrogen (secondary N) is 2. The van der Waals surface area contributed by atoms with E-state index in [1.54, 1.807) is 7.11 Å². The number of methoxy groups -OCH3 is 1. The van der Waals surface area contributed by atoms with Gasteiger partial charge in [0.25, 0.3) is 0 Å². The summed E-state index contributed by atoms with van der Waals surface area (Å²) in [7, 11) is 1.65. The topological polar surface area (TPSA) is 76.4 Å². The molecule has 1 amide bonds. The van der Waals surface area contributed by atoms with Crippen molar-refractivity contribution < 1.29 is 14.1 Å². The second kappa shape index (κ2) is 9.04.